The first-order valence-corrected chi connectivity index (χ1v) is 13.5. The lowest BCUT2D eigenvalue weighted by Gasteiger charge is -2.39. The molecule has 0 radical (unpaired) electrons. The highest BCUT2D eigenvalue weighted by molar-refractivity contribution is 6.60. The lowest BCUT2D eigenvalue weighted by atomic mass is 10.3. The van der Waals surface area contributed by atoms with Gasteiger partial charge in [0.25, 0.3) is 5.97 Å². The van der Waals surface area contributed by atoms with Gasteiger partial charge in [0, 0.05) is 33.3 Å². The maximum absolute atomic E-state index is 6.20. The number of rotatable bonds is 18. The average Bonchev–Trinajstić information content (AvgIpc) is 3.64. The summed E-state index contributed by atoms with van der Waals surface area (Å²) in [4.78, 5) is 0. The molecule has 9 nitrogen and oxygen atoms in total. The average molecular weight is 467 g/mol. The Bertz CT molecular complexity index is 468. The van der Waals surface area contributed by atoms with Crippen molar-refractivity contribution in [2.45, 2.75) is 83.4 Å². The van der Waals surface area contributed by atoms with E-state index in [9.17, 15) is 0 Å². The Morgan fingerprint density at radius 2 is 1.77 bits per heavy atom. The van der Waals surface area contributed by atoms with Crippen LogP contribution in [0, 0.1) is 0 Å². The summed E-state index contributed by atoms with van der Waals surface area (Å²) < 4.78 is 52.2. The van der Waals surface area contributed by atoms with Gasteiger partial charge in [0.15, 0.2) is 6.29 Å². The third-order valence-electron chi connectivity index (χ3n) is 5.40. The van der Waals surface area contributed by atoms with Crippen LogP contribution in [0.4, 0.5) is 0 Å². The molecule has 2 fully saturated rings. The number of ether oxygens (including phenoxy) is 6. The molecule has 0 saturated carbocycles. The molecule has 0 aromatic rings. The molecule has 2 rings (SSSR count). The van der Waals surface area contributed by atoms with E-state index in [4.69, 9.17) is 41.7 Å². The highest BCUT2D eigenvalue weighted by Crippen LogP contribution is 2.28. The molecule has 2 saturated heterocycles. The molecule has 3 atom stereocenters. The molecule has 0 N–H and O–H groups in total. The van der Waals surface area contributed by atoms with Crippen molar-refractivity contribution in [3.63, 3.8) is 0 Å². The van der Waals surface area contributed by atoms with Gasteiger partial charge in [-0.25, -0.2) is 0 Å². The van der Waals surface area contributed by atoms with E-state index in [1.54, 1.807) is 14.2 Å². The van der Waals surface area contributed by atoms with Gasteiger partial charge in [-0.2, -0.15) is 0 Å². The summed E-state index contributed by atoms with van der Waals surface area (Å²) in [6.45, 7) is 9.74. The fraction of sp³-hybridized carbons (Fsp3) is 1.00. The van der Waals surface area contributed by atoms with Crippen molar-refractivity contribution < 1.29 is 41.7 Å². The molecule has 0 spiro atoms. The molecule has 0 aliphatic carbocycles. The maximum atomic E-state index is 6.20. The summed E-state index contributed by atoms with van der Waals surface area (Å²) in [5.74, 6) is -1.03. The summed E-state index contributed by atoms with van der Waals surface area (Å²) >= 11 is 0. The van der Waals surface area contributed by atoms with Crippen molar-refractivity contribution in [3.05, 3.63) is 0 Å². The molecular formula is C21H42O9Si. The first-order chi connectivity index (χ1) is 15.0. The minimum absolute atomic E-state index is 0.164. The highest BCUT2D eigenvalue weighted by Gasteiger charge is 2.40. The number of hydrogen-bond donors (Lipinski definition) is 0. The molecule has 31 heavy (non-hydrogen) atoms. The Balaban J connectivity index is 1.80. The van der Waals surface area contributed by atoms with E-state index in [0.717, 1.165) is 25.9 Å². The van der Waals surface area contributed by atoms with Gasteiger partial charge < -0.3 is 37.0 Å². The second kappa shape index (κ2) is 14.2. The fourth-order valence-electron chi connectivity index (χ4n) is 3.25. The first-order valence-electron chi connectivity index (χ1n) is 11.6. The summed E-state index contributed by atoms with van der Waals surface area (Å²) in [7, 11) is 0.481. The van der Waals surface area contributed by atoms with Crippen LogP contribution < -0.4 is 0 Å². The molecule has 0 bridgehead atoms. The van der Waals surface area contributed by atoms with Crippen molar-refractivity contribution >= 4 is 8.80 Å². The lowest BCUT2D eigenvalue weighted by molar-refractivity contribution is -0.437. The summed E-state index contributed by atoms with van der Waals surface area (Å²) in [5, 5.41) is 0. The Labute approximate surface area is 188 Å². The zero-order chi connectivity index (χ0) is 22.6. The maximum Gasteiger partial charge on any atom is 0.500 e. The third kappa shape index (κ3) is 9.32. The van der Waals surface area contributed by atoms with E-state index in [2.05, 4.69) is 6.92 Å². The van der Waals surface area contributed by atoms with Crippen molar-refractivity contribution in [3.8, 4) is 0 Å². The summed E-state index contributed by atoms with van der Waals surface area (Å²) in [5.41, 5.74) is 0. The number of hydrogen-bond acceptors (Lipinski definition) is 9. The van der Waals surface area contributed by atoms with Crippen LogP contribution in [0.1, 0.15) is 52.9 Å². The van der Waals surface area contributed by atoms with Gasteiger partial charge in [-0.15, -0.1) is 0 Å². The van der Waals surface area contributed by atoms with Gasteiger partial charge >= 0.3 is 8.80 Å². The zero-order valence-corrected chi connectivity index (χ0v) is 20.9. The predicted octanol–water partition coefficient (Wildman–Crippen LogP) is 3.09. The van der Waals surface area contributed by atoms with Gasteiger partial charge in [0.2, 0.25) is 0 Å². The molecule has 2 heterocycles. The van der Waals surface area contributed by atoms with Crippen LogP contribution in [0.25, 0.3) is 0 Å². The SMILES string of the molecule is CCC(CO[Si](CCCOCC1CO1)(OC)OC)OC(CC)OC1(CC)OCCCO1. The monoisotopic (exact) mass is 466 g/mol. The molecular weight excluding hydrogens is 424 g/mol. The standard InChI is InChI=1S/C21H42O9Si/c1-6-18(29-20(7-2)30-21(8-3)26-12-9-13-27-21)17-28-31(22-4,23-5)14-10-11-24-15-19-16-25-19/h18-20H,6-17H2,1-5H3. The van der Waals surface area contributed by atoms with Crippen LogP contribution in [-0.4, -0.2) is 87.1 Å². The molecule has 0 aromatic carbocycles. The minimum atomic E-state index is -2.79. The van der Waals surface area contributed by atoms with E-state index in [-0.39, 0.29) is 12.2 Å². The Morgan fingerprint density at radius 3 is 2.32 bits per heavy atom. The van der Waals surface area contributed by atoms with Crippen LogP contribution in [0.5, 0.6) is 0 Å². The Hall–Kier alpha value is -0.143. The second-order valence-corrected chi connectivity index (χ2v) is 10.7. The van der Waals surface area contributed by atoms with Gasteiger partial charge in [0.1, 0.15) is 6.10 Å². The predicted molar refractivity (Wildman–Crippen MR) is 116 cm³/mol. The lowest BCUT2D eigenvalue weighted by Crippen LogP contribution is -2.48. The van der Waals surface area contributed by atoms with E-state index in [1.807, 2.05) is 13.8 Å². The van der Waals surface area contributed by atoms with Crippen LogP contribution in [0.3, 0.4) is 0 Å². The van der Waals surface area contributed by atoms with Crippen LogP contribution in [-0.2, 0) is 41.7 Å². The quantitative estimate of drug-likeness (QED) is 0.131. The van der Waals surface area contributed by atoms with Crippen LogP contribution in [0.2, 0.25) is 6.04 Å². The molecule has 10 heteroatoms. The molecule has 0 aromatic heterocycles. The second-order valence-electron chi connectivity index (χ2n) is 7.75. The molecule has 0 amide bonds. The number of epoxide rings is 1. The van der Waals surface area contributed by atoms with Gasteiger partial charge in [-0.3, -0.25) is 4.74 Å². The van der Waals surface area contributed by atoms with Crippen molar-refractivity contribution in [2.24, 2.45) is 0 Å². The molecule has 184 valence electrons. The molecule has 3 unspecified atom stereocenters. The Morgan fingerprint density at radius 1 is 1.06 bits per heavy atom. The van der Waals surface area contributed by atoms with Crippen LogP contribution >= 0.6 is 0 Å². The zero-order valence-electron chi connectivity index (χ0n) is 19.9. The van der Waals surface area contributed by atoms with Crippen molar-refractivity contribution in [1.82, 2.24) is 0 Å². The Kier molecular flexibility index (Phi) is 12.4. The molecule has 2 aliphatic rings. The fourth-order valence-corrected chi connectivity index (χ4v) is 5.23. The van der Waals surface area contributed by atoms with E-state index < -0.39 is 21.1 Å². The van der Waals surface area contributed by atoms with E-state index >= 15 is 0 Å². The largest absolute Gasteiger partial charge is 0.500 e. The normalized spacial score (nSPS) is 22.9. The highest BCUT2D eigenvalue weighted by atomic mass is 28.4. The summed E-state index contributed by atoms with van der Waals surface area (Å²) in [6, 6.07) is 0.677. The van der Waals surface area contributed by atoms with Crippen molar-refractivity contribution in [2.75, 3.05) is 53.9 Å². The topological polar surface area (TPSA) is 86.4 Å². The molecule has 2 aliphatic heterocycles. The van der Waals surface area contributed by atoms with Crippen LogP contribution in [0.15, 0.2) is 0 Å². The third-order valence-corrected chi connectivity index (χ3v) is 8.21. The van der Waals surface area contributed by atoms with Gasteiger partial charge in [-0.05, 0) is 25.7 Å². The van der Waals surface area contributed by atoms with Gasteiger partial charge in [0.05, 0.1) is 39.1 Å². The van der Waals surface area contributed by atoms with E-state index in [1.165, 1.54) is 0 Å². The van der Waals surface area contributed by atoms with Gasteiger partial charge in [-0.1, -0.05) is 20.8 Å². The van der Waals surface area contributed by atoms with E-state index in [0.29, 0.717) is 51.9 Å². The smallest absolute Gasteiger partial charge is 0.379 e. The first kappa shape index (κ1) is 27.1. The summed E-state index contributed by atoms with van der Waals surface area (Å²) in [6.07, 6.45) is 3.36. The minimum Gasteiger partial charge on any atom is -0.379 e. The van der Waals surface area contributed by atoms with Crippen molar-refractivity contribution in [1.29, 1.82) is 0 Å².